The number of ether oxygens (including phenoxy) is 2. The summed E-state index contributed by atoms with van der Waals surface area (Å²) in [6, 6.07) is 6.38. The highest BCUT2D eigenvalue weighted by molar-refractivity contribution is 5.96. The molecule has 4 rings (SSSR count). The van der Waals surface area contributed by atoms with Crippen LogP contribution in [0.3, 0.4) is 0 Å². The number of anilines is 1. The van der Waals surface area contributed by atoms with Gasteiger partial charge < -0.3 is 55.5 Å². The zero-order chi connectivity index (χ0) is 55.7. The largest absolute Gasteiger partial charge is 0.477 e. The van der Waals surface area contributed by atoms with Gasteiger partial charge in [-0.05, 0) is 82.6 Å². The van der Waals surface area contributed by atoms with Crippen LogP contribution in [0.5, 0.6) is 0 Å². The van der Waals surface area contributed by atoms with Gasteiger partial charge in [-0.15, -0.1) is 0 Å². The van der Waals surface area contributed by atoms with Crippen molar-refractivity contribution in [1.82, 2.24) is 30.3 Å². The van der Waals surface area contributed by atoms with Crippen molar-refractivity contribution in [3.8, 4) is 0 Å². The van der Waals surface area contributed by atoms with E-state index in [1.54, 1.807) is 89.4 Å². The molecule has 410 valence electrons. The molecule has 2 heterocycles. The number of nitrogens with two attached hydrogens (primary N) is 1. The number of aromatic nitrogens is 1. The first kappa shape index (κ1) is 60.2. The minimum absolute atomic E-state index is 0.0446. The molecule has 6 amide bonds. The van der Waals surface area contributed by atoms with Crippen molar-refractivity contribution < 1.29 is 62.1 Å². The lowest BCUT2D eigenvalue weighted by molar-refractivity contribution is -0.155. The number of carbonyl (C=O) groups excluding carboxylic acids is 8. The van der Waals surface area contributed by atoms with E-state index in [0.717, 1.165) is 6.07 Å². The first-order valence-corrected chi connectivity index (χ1v) is 25.2. The number of nitrogens with one attached hydrogen (secondary N) is 3. The van der Waals surface area contributed by atoms with Crippen LogP contribution in [0.1, 0.15) is 114 Å². The molecule has 0 radical (unpaired) electrons. The van der Waals surface area contributed by atoms with Gasteiger partial charge in [0, 0.05) is 103 Å². The van der Waals surface area contributed by atoms with Crippen molar-refractivity contribution in [2.75, 3.05) is 51.7 Å². The number of primary amides is 1. The van der Waals surface area contributed by atoms with Gasteiger partial charge in [0.1, 0.15) is 23.6 Å². The standard InChI is InChI=1S/C53H73FN8O13/c1-9-60-30-37(50(70)71)48(68)36-27-38(54)42(29-41(36)60)61-22-24-62(25-23-61)52(73)74-31-34-17-15-33(16-18-34)26-43(63)39(12-11-21-56-51(55)72)58-49(69)35(32(2)3)28-44(64)40(19-20-47(67)75-53(4,5)6)57-45(65)13-10-14-46(66)59(7)8/h15-18,27,29-30,32,35,39-40H,9-14,19-26,28,31H2,1-8H3,(H,57,65)(H,58,69)(H,70,71)(H3,55,56,72)/t35-,39-,40-/m0/s1. The highest BCUT2D eigenvalue weighted by Gasteiger charge is 2.33. The van der Waals surface area contributed by atoms with Crippen LogP contribution in [0, 0.1) is 17.7 Å². The maximum atomic E-state index is 15.4. The number of hydrogen-bond donors (Lipinski definition) is 5. The molecule has 0 unspecified atom stereocenters. The Morgan fingerprint density at radius 3 is 2.08 bits per heavy atom. The van der Waals surface area contributed by atoms with Crippen LogP contribution in [-0.2, 0) is 57.8 Å². The normalized spacial score (nSPS) is 13.8. The maximum absolute atomic E-state index is 15.4. The molecular formula is C53H73FN8O13. The van der Waals surface area contributed by atoms with Gasteiger partial charge in [-0.3, -0.25) is 33.6 Å². The lowest BCUT2D eigenvalue weighted by atomic mass is 9.86. The highest BCUT2D eigenvalue weighted by Crippen LogP contribution is 2.27. The van der Waals surface area contributed by atoms with Crippen LogP contribution in [0.2, 0.25) is 0 Å². The molecule has 3 atom stereocenters. The number of fused-ring (bicyclic) bond motifs is 1. The third-order valence-corrected chi connectivity index (χ3v) is 12.7. The Hall–Kier alpha value is -7.39. The van der Waals surface area contributed by atoms with Crippen molar-refractivity contribution in [2.45, 2.75) is 130 Å². The molecule has 1 aliphatic heterocycles. The number of ketones is 2. The number of esters is 1. The number of piperazine rings is 1. The molecule has 1 aromatic heterocycles. The van der Waals surface area contributed by atoms with Crippen molar-refractivity contribution in [3.63, 3.8) is 0 Å². The minimum atomic E-state index is -1.40. The Kier molecular flexibility index (Phi) is 22.3. The number of rotatable bonds is 26. The number of nitrogens with zero attached hydrogens (tertiary/aromatic N) is 4. The average Bonchev–Trinajstić information content (AvgIpc) is 3.34. The van der Waals surface area contributed by atoms with Crippen LogP contribution in [0.25, 0.3) is 10.9 Å². The second kappa shape index (κ2) is 27.8. The number of carbonyl (C=O) groups is 9. The first-order chi connectivity index (χ1) is 35.3. The fraction of sp³-hybridized carbons (Fsp3) is 0.547. The number of aromatic carboxylic acids is 1. The molecule has 0 saturated carbocycles. The smallest absolute Gasteiger partial charge is 0.410 e. The molecule has 75 heavy (non-hydrogen) atoms. The van der Waals surface area contributed by atoms with E-state index >= 15 is 4.39 Å². The number of halogens is 1. The van der Waals surface area contributed by atoms with Gasteiger partial charge in [-0.2, -0.15) is 0 Å². The summed E-state index contributed by atoms with van der Waals surface area (Å²) < 4.78 is 28.0. The number of urea groups is 1. The lowest BCUT2D eigenvalue weighted by Gasteiger charge is -2.35. The van der Waals surface area contributed by atoms with E-state index < -0.39 is 88.0 Å². The summed E-state index contributed by atoms with van der Waals surface area (Å²) in [6.45, 7) is 11.7. The van der Waals surface area contributed by atoms with Crippen LogP contribution in [-0.4, -0.2) is 137 Å². The van der Waals surface area contributed by atoms with Crippen molar-refractivity contribution in [2.24, 2.45) is 17.6 Å². The van der Waals surface area contributed by atoms with Gasteiger partial charge in [0.25, 0.3) is 0 Å². The SMILES string of the molecule is CCn1cc(C(=O)O)c(=O)c2cc(F)c(N3CCN(C(=O)OCc4ccc(CC(=O)[C@H](CCCNC(N)=O)NC(=O)[C@@H](CC(=O)[C@H](CCC(=O)OC(C)(C)C)NC(=O)CCCC(=O)N(C)C)C(C)C)cc4)CC3)cc21. The van der Waals surface area contributed by atoms with Crippen LogP contribution >= 0.6 is 0 Å². The van der Waals surface area contributed by atoms with E-state index in [4.69, 9.17) is 15.2 Å². The third-order valence-electron chi connectivity index (χ3n) is 12.7. The Labute approximate surface area is 436 Å². The molecule has 0 bridgehead atoms. The molecule has 1 aliphatic rings. The summed E-state index contributed by atoms with van der Waals surface area (Å²) >= 11 is 0. The average molecular weight is 1050 g/mol. The van der Waals surface area contributed by atoms with Gasteiger partial charge >= 0.3 is 24.1 Å². The summed E-state index contributed by atoms with van der Waals surface area (Å²) in [7, 11) is 3.20. The second-order valence-corrected chi connectivity index (χ2v) is 20.2. The first-order valence-electron chi connectivity index (χ1n) is 25.2. The fourth-order valence-corrected chi connectivity index (χ4v) is 8.46. The maximum Gasteiger partial charge on any atom is 0.410 e. The number of hydrogen-bond acceptors (Lipinski definition) is 13. The predicted molar refractivity (Wildman–Crippen MR) is 276 cm³/mol. The summed E-state index contributed by atoms with van der Waals surface area (Å²) in [6.07, 6.45) is 0.592. The van der Waals surface area contributed by atoms with E-state index in [1.165, 1.54) is 22.1 Å². The topological polar surface area (TPSA) is 286 Å². The van der Waals surface area contributed by atoms with E-state index in [-0.39, 0.29) is 120 Å². The highest BCUT2D eigenvalue weighted by atomic mass is 19.1. The second-order valence-electron chi connectivity index (χ2n) is 20.2. The minimum Gasteiger partial charge on any atom is -0.477 e. The molecule has 0 spiro atoms. The van der Waals surface area contributed by atoms with Gasteiger partial charge in [-0.1, -0.05) is 38.1 Å². The molecule has 1 saturated heterocycles. The van der Waals surface area contributed by atoms with E-state index in [0.29, 0.717) is 23.2 Å². The van der Waals surface area contributed by atoms with Crippen LogP contribution in [0.4, 0.5) is 19.7 Å². The Morgan fingerprint density at radius 1 is 0.853 bits per heavy atom. The molecule has 1 fully saturated rings. The molecule has 2 aromatic carbocycles. The zero-order valence-electron chi connectivity index (χ0n) is 44.3. The number of carboxylic acid groups (broad SMARTS) is 1. The number of amides is 6. The Morgan fingerprint density at radius 2 is 1.49 bits per heavy atom. The van der Waals surface area contributed by atoms with Gasteiger partial charge in [-0.25, -0.2) is 18.8 Å². The number of Topliss-reactive ketones (excluding diaryl/α,β-unsaturated/α-hetero) is 2. The van der Waals surface area contributed by atoms with Crippen molar-refractivity contribution in [1.29, 1.82) is 0 Å². The summed E-state index contributed by atoms with van der Waals surface area (Å²) in [5.41, 5.74) is 5.03. The predicted octanol–water partition coefficient (Wildman–Crippen LogP) is 4.46. The molecule has 22 heteroatoms. The van der Waals surface area contributed by atoms with Gasteiger partial charge in [0.05, 0.1) is 23.3 Å². The quantitative estimate of drug-likeness (QED) is 0.0549. The van der Waals surface area contributed by atoms with E-state index in [1.807, 2.05) is 0 Å². The van der Waals surface area contributed by atoms with E-state index in [9.17, 15) is 53.1 Å². The summed E-state index contributed by atoms with van der Waals surface area (Å²) in [4.78, 5) is 133. The molecule has 3 aromatic rings. The van der Waals surface area contributed by atoms with Crippen LogP contribution in [0.15, 0.2) is 47.4 Å². The number of pyridine rings is 1. The van der Waals surface area contributed by atoms with E-state index in [2.05, 4.69) is 16.0 Å². The molecule has 21 nitrogen and oxygen atoms in total. The van der Waals surface area contributed by atoms with Crippen molar-refractivity contribution in [3.05, 3.63) is 75.3 Å². The van der Waals surface area contributed by atoms with Gasteiger partial charge in [0.2, 0.25) is 23.2 Å². The molecule has 0 aliphatic carbocycles. The zero-order valence-corrected chi connectivity index (χ0v) is 44.3. The Balaban J connectivity index is 1.38. The summed E-state index contributed by atoms with van der Waals surface area (Å²) in [5, 5.41) is 17.4. The molecule has 6 N–H and O–H groups in total. The monoisotopic (exact) mass is 1050 g/mol. The number of carboxylic acids is 1. The van der Waals surface area contributed by atoms with Gasteiger partial charge in [0.15, 0.2) is 11.6 Å². The fourth-order valence-electron chi connectivity index (χ4n) is 8.46. The third kappa shape index (κ3) is 18.5. The lowest BCUT2D eigenvalue weighted by Crippen LogP contribution is -2.49. The number of benzene rings is 2. The summed E-state index contributed by atoms with van der Waals surface area (Å²) in [5.74, 6) is -6.15. The molecular weight excluding hydrogens is 976 g/mol. The Bertz CT molecular complexity index is 2620. The van der Waals surface area contributed by atoms with Crippen molar-refractivity contribution >= 4 is 69.9 Å². The number of aryl methyl sites for hydroxylation is 1. The van der Waals surface area contributed by atoms with Crippen LogP contribution < -0.4 is 32.0 Å².